The van der Waals surface area contributed by atoms with Crippen molar-refractivity contribution in [3.8, 4) is 0 Å². The molecule has 0 unspecified atom stereocenters. The predicted octanol–water partition coefficient (Wildman–Crippen LogP) is 2.91. The Bertz CT molecular complexity index is 921. The zero-order valence-corrected chi connectivity index (χ0v) is 20.0. The van der Waals surface area contributed by atoms with Crippen LogP contribution in [0.15, 0.2) is 91.0 Å². The monoisotopic (exact) mass is 468 g/mol. The van der Waals surface area contributed by atoms with E-state index in [-0.39, 0.29) is 18.4 Å². The minimum absolute atomic E-state index is 0.00814. The number of benzene rings is 3. The Hall–Kier alpha value is -2.72. The Morgan fingerprint density at radius 1 is 0.875 bits per heavy atom. The number of guanidine groups is 1. The maximum atomic E-state index is 12.2. The first-order valence-electron chi connectivity index (χ1n) is 10.6. The first-order chi connectivity index (χ1) is 15.4. The summed E-state index contributed by atoms with van der Waals surface area (Å²) in [5.41, 5.74) is 5.40. The second kappa shape index (κ2) is 11.2. The van der Waals surface area contributed by atoms with Crippen LogP contribution in [0.1, 0.15) is 6.42 Å². The van der Waals surface area contributed by atoms with Crippen LogP contribution in [0.4, 0.5) is 0 Å². The fourth-order valence-electron chi connectivity index (χ4n) is 4.08. The van der Waals surface area contributed by atoms with Crippen molar-refractivity contribution < 1.29 is 4.79 Å². The van der Waals surface area contributed by atoms with Gasteiger partial charge in [0.05, 0.1) is 0 Å². The summed E-state index contributed by atoms with van der Waals surface area (Å²) in [5.74, 6) is -0.589. The van der Waals surface area contributed by atoms with Gasteiger partial charge in [-0.1, -0.05) is 0 Å². The number of hydrogen-bond donors (Lipinski definition) is 2. The molecule has 0 saturated carbocycles. The summed E-state index contributed by atoms with van der Waals surface area (Å²) in [4.78, 5) is 13.3. The number of amides is 1. The normalized spacial score (nSPS) is 11.8. The standard InChI is InChI=1S/C25H30ClN4OP/c1-29(25(27)28)24(31)20-30(26)18-11-19-32(21-12-5-2-6-13-21,22-14-7-3-8-15-22)23-16-9-4-10-17-23/h2-10,12-17,32H,11,18-20H2,1H3,(H3,27,28). The van der Waals surface area contributed by atoms with Gasteiger partial charge in [-0.25, -0.2) is 0 Å². The molecule has 32 heavy (non-hydrogen) atoms. The Morgan fingerprint density at radius 2 is 1.28 bits per heavy atom. The van der Waals surface area contributed by atoms with E-state index in [2.05, 4.69) is 91.0 Å². The van der Waals surface area contributed by atoms with Crippen LogP contribution in [0.25, 0.3) is 0 Å². The third-order valence-corrected chi connectivity index (χ3v) is 11.1. The number of nitrogens with two attached hydrogens (primary N) is 1. The van der Waals surface area contributed by atoms with E-state index < -0.39 is 7.26 Å². The Balaban J connectivity index is 1.89. The second-order valence-corrected chi connectivity index (χ2v) is 12.3. The Morgan fingerprint density at radius 3 is 1.66 bits per heavy atom. The maximum absolute atomic E-state index is 12.2. The van der Waals surface area contributed by atoms with Crippen LogP contribution < -0.4 is 21.6 Å². The molecule has 0 bridgehead atoms. The molecule has 0 aliphatic heterocycles. The molecule has 0 aliphatic carbocycles. The number of carbonyl (C=O) groups is 1. The molecule has 0 spiro atoms. The predicted molar refractivity (Wildman–Crippen MR) is 138 cm³/mol. The molecule has 168 valence electrons. The van der Waals surface area contributed by atoms with E-state index in [1.54, 1.807) is 0 Å². The van der Waals surface area contributed by atoms with Crippen molar-refractivity contribution >= 4 is 46.8 Å². The Labute approximate surface area is 195 Å². The molecule has 0 radical (unpaired) electrons. The molecule has 7 heteroatoms. The molecule has 3 N–H and O–H groups in total. The number of likely N-dealkylation sites (N-methyl/N-ethyl adjacent to an activating group) is 1. The number of nitrogens with zero attached hydrogens (tertiary/aromatic N) is 2. The summed E-state index contributed by atoms with van der Waals surface area (Å²) in [5, 5.41) is 11.5. The minimum atomic E-state index is -2.31. The SMILES string of the molecule is CN(C(=N)N)C(=O)CN(Cl)CCC[PH](c1ccccc1)(c1ccccc1)c1ccccc1. The van der Waals surface area contributed by atoms with Crippen LogP contribution in [0.3, 0.4) is 0 Å². The van der Waals surface area contributed by atoms with Crippen molar-refractivity contribution in [1.82, 2.24) is 9.32 Å². The van der Waals surface area contributed by atoms with Gasteiger partial charge >= 0.3 is 196 Å². The topological polar surface area (TPSA) is 73.4 Å². The van der Waals surface area contributed by atoms with Gasteiger partial charge in [0.25, 0.3) is 0 Å². The third-order valence-electron chi connectivity index (χ3n) is 5.79. The van der Waals surface area contributed by atoms with Gasteiger partial charge < -0.3 is 0 Å². The van der Waals surface area contributed by atoms with E-state index in [1.165, 1.54) is 27.4 Å². The molecule has 5 nitrogen and oxygen atoms in total. The van der Waals surface area contributed by atoms with E-state index >= 15 is 0 Å². The van der Waals surface area contributed by atoms with Gasteiger partial charge in [-0.15, -0.1) is 0 Å². The van der Waals surface area contributed by atoms with Gasteiger partial charge in [0.1, 0.15) is 0 Å². The summed E-state index contributed by atoms with van der Waals surface area (Å²) in [6.07, 6.45) is 1.77. The number of hydrogen-bond acceptors (Lipinski definition) is 3. The van der Waals surface area contributed by atoms with Gasteiger partial charge in [-0.3, -0.25) is 0 Å². The second-order valence-electron chi connectivity index (χ2n) is 7.79. The van der Waals surface area contributed by atoms with Gasteiger partial charge in [0.2, 0.25) is 0 Å². The molecule has 3 aromatic carbocycles. The summed E-state index contributed by atoms with van der Waals surface area (Å²) in [6.45, 7) is 0.564. The molecule has 3 aromatic rings. The molecule has 0 aromatic heterocycles. The van der Waals surface area contributed by atoms with Crippen molar-refractivity contribution in [2.45, 2.75) is 6.42 Å². The summed E-state index contributed by atoms with van der Waals surface area (Å²) >= 11 is 6.38. The third kappa shape index (κ3) is 5.55. The first kappa shape index (κ1) is 23.9. The van der Waals surface area contributed by atoms with Crippen LogP contribution in [0.5, 0.6) is 0 Å². The summed E-state index contributed by atoms with van der Waals surface area (Å²) in [6, 6.07) is 32.2. The van der Waals surface area contributed by atoms with E-state index in [1.807, 2.05) is 0 Å². The van der Waals surface area contributed by atoms with Gasteiger partial charge in [-0.05, 0) is 0 Å². The van der Waals surface area contributed by atoms with Crippen molar-refractivity contribution in [1.29, 1.82) is 5.41 Å². The number of halogens is 1. The summed E-state index contributed by atoms with van der Waals surface area (Å²) in [7, 11) is -0.825. The van der Waals surface area contributed by atoms with Gasteiger partial charge in [0.15, 0.2) is 0 Å². The molecule has 0 aliphatic rings. The van der Waals surface area contributed by atoms with Crippen molar-refractivity contribution in [2.75, 3.05) is 26.3 Å². The first-order valence-corrected chi connectivity index (χ1v) is 13.2. The zero-order valence-electron chi connectivity index (χ0n) is 18.2. The molecule has 1 amide bonds. The molecular weight excluding hydrogens is 439 g/mol. The van der Waals surface area contributed by atoms with E-state index in [0.29, 0.717) is 6.54 Å². The van der Waals surface area contributed by atoms with E-state index in [9.17, 15) is 4.79 Å². The zero-order chi connectivity index (χ0) is 23.0. The van der Waals surface area contributed by atoms with Crippen LogP contribution >= 0.6 is 19.0 Å². The van der Waals surface area contributed by atoms with E-state index in [4.69, 9.17) is 22.9 Å². The van der Waals surface area contributed by atoms with Crippen molar-refractivity contribution in [3.05, 3.63) is 91.0 Å². The van der Waals surface area contributed by atoms with E-state index in [0.717, 1.165) is 17.5 Å². The van der Waals surface area contributed by atoms with Crippen LogP contribution in [-0.2, 0) is 4.79 Å². The molecule has 0 atom stereocenters. The average Bonchev–Trinajstić information content (AvgIpc) is 2.83. The fraction of sp³-hybridized carbons (Fsp3) is 0.200. The molecule has 0 fully saturated rings. The van der Waals surface area contributed by atoms with Gasteiger partial charge in [-0.2, -0.15) is 0 Å². The molecule has 0 heterocycles. The Kier molecular flexibility index (Phi) is 8.40. The van der Waals surface area contributed by atoms with Gasteiger partial charge in [0, 0.05) is 0 Å². The number of rotatable bonds is 9. The quantitative estimate of drug-likeness (QED) is 0.219. The van der Waals surface area contributed by atoms with Crippen LogP contribution in [0.2, 0.25) is 0 Å². The summed E-state index contributed by atoms with van der Waals surface area (Å²) < 4.78 is 1.49. The number of nitrogens with one attached hydrogen (secondary N) is 1. The van der Waals surface area contributed by atoms with Crippen molar-refractivity contribution in [2.24, 2.45) is 5.73 Å². The van der Waals surface area contributed by atoms with Crippen LogP contribution in [0, 0.1) is 5.41 Å². The molecule has 0 saturated heterocycles. The fourth-order valence-corrected chi connectivity index (χ4v) is 9.14. The molecule has 3 rings (SSSR count). The van der Waals surface area contributed by atoms with Crippen molar-refractivity contribution in [3.63, 3.8) is 0 Å². The number of carbonyl (C=O) groups excluding carboxylic acids is 1. The average molecular weight is 469 g/mol. The van der Waals surface area contributed by atoms with Crippen LogP contribution in [-0.4, -0.2) is 47.5 Å². The molecular formula is C25H30ClN4OP.